The zero-order valence-corrected chi connectivity index (χ0v) is 50.0. The first-order chi connectivity index (χ1) is 42.7. The molecule has 0 saturated carbocycles. The van der Waals surface area contributed by atoms with Crippen LogP contribution in [0.3, 0.4) is 0 Å². The summed E-state index contributed by atoms with van der Waals surface area (Å²) < 4.78 is 2.53. The van der Waals surface area contributed by atoms with E-state index in [1.165, 1.54) is 50.3 Å². The van der Waals surface area contributed by atoms with E-state index in [-0.39, 0.29) is 0 Å². The van der Waals surface area contributed by atoms with Gasteiger partial charge in [-0.15, -0.1) is 0 Å². The molecule has 0 bridgehead atoms. The van der Waals surface area contributed by atoms with Gasteiger partial charge in [-0.1, -0.05) is 241 Å². The molecule has 0 saturated heterocycles. The lowest BCUT2D eigenvalue weighted by Crippen LogP contribution is -2.09. The summed E-state index contributed by atoms with van der Waals surface area (Å²) in [5.41, 5.74) is 17.9. The molecule has 12 aromatic rings. The van der Waals surface area contributed by atoms with Gasteiger partial charge in [0, 0.05) is 87.9 Å². The standard InChI is InChI=1S/C78H56N4S4/c1-9-25-61(26-10-1)79(62-27-11-2-12-28-62)69-49-41-57(42-50-69)73-74(58-43-51-70(52-44-58)80(63-29-13-3-14-30-63)64-31-15-4-16-32-64)84-77(83-73)78-85-75(59-45-53-71(54-46-59)81(65-33-17-5-18-34-65)66-35-19-6-20-36-66)76(86-78)60-47-55-72(56-48-60)82(67-37-21-7-22-38-67)68-39-23-8-24-40-68/h1-56H. The second-order valence-electron chi connectivity index (χ2n) is 20.5. The van der Waals surface area contributed by atoms with Crippen LogP contribution in [0.1, 0.15) is 22.3 Å². The van der Waals surface area contributed by atoms with Gasteiger partial charge in [0.25, 0.3) is 0 Å². The van der Waals surface area contributed by atoms with Gasteiger partial charge in [0.1, 0.15) is 0 Å². The molecule has 0 N–H and O–H groups in total. The van der Waals surface area contributed by atoms with Crippen LogP contribution in [-0.4, -0.2) is 0 Å². The molecule has 0 aliphatic carbocycles. The van der Waals surface area contributed by atoms with E-state index in [1.54, 1.807) is 0 Å². The first-order valence-electron chi connectivity index (χ1n) is 28.6. The fourth-order valence-electron chi connectivity index (χ4n) is 11.0. The Hall–Kier alpha value is -9.54. The van der Waals surface area contributed by atoms with E-state index in [0.29, 0.717) is 0 Å². The monoisotopic (exact) mass is 1180 g/mol. The lowest BCUT2D eigenvalue weighted by molar-refractivity contribution is 1.28. The van der Waals surface area contributed by atoms with E-state index >= 15 is 0 Å². The molecule has 8 heteroatoms. The third kappa shape index (κ3) is 11.6. The highest BCUT2D eigenvalue weighted by molar-refractivity contribution is 8.39. The van der Waals surface area contributed by atoms with Crippen LogP contribution in [0, 0.1) is 0 Å². The third-order valence-electron chi connectivity index (χ3n) is 15.0. The maximum Gasteiger partial charge on any atom is 0.0707 e. The molecule has 2 aliphatic rings. The van der Waals surface area contributed by atoms with Crippen molar-refractivity contribution in [1.82, 2.24) is 0 Å². The summed E-state index contributed by atoms with van der Waals surface area (Å²) in [5.74, 6) is 0. The maximum absolute atomic E-state index is 2.33. The van der Waals surface area contributed by atoms with E-state index in [2.05, 4.69) is 359 Å². The van der Waals surface area contributed by atoms with Gasteiger partial charge in [-0.3, -0.25) is 0 Å². The summed E-state index contributed by atoms with van der Waals surface area (Å²) in [6.07, 6.45) is 0. The van der Waals surface area contributed by atoms with E-state index in [1.807, 2.05) is 47.0 Å². The zero-order chi connectivity index (χ0) is 57.4. The van der Waals surface area contributed by atoms with Crippen LogP contribution in [-0.2, 0) is 0 Å². The minimum Gasteiger partial charge on any atom is -0.311 e. The van der Waals surface area contributed by atoms with Gasteiger partial charge >= 0.3 is 0 Å². The number of nitrogens with zero attached hydrogens (tertiary/aromatic N) is 4. The fraction of sp³-hybridized carbons (Fsp3) is 0. The molecule has 12 aromatic carbocycles. The molecule has 2 aliphatic heterocycles. The molecule has 0 atom stereocenters. The average Bonchev–Trinajstić information content (AvgIpc) is 2.90. The van der Waals surface area contributed by atoms with Crippen molar-refractivity contribution in [3.05, 3.63) is 370 Å². The maximum atomic E-state index is 2.33. The Bertz CT molecular complexity index is 3600. The second kappa shape index (κ2) is 25.4. The summed E-state index contributed by atoms with van der Waals surface area (Å²) in [6.45, 7) is 0. The molecule has 86 heavy (non-hydrogen) atoms. The second-order valence-corrected chi connectivity index (χ2v) is 25.1. The SMILES string of the molecule is c1ccc(N(c2ccccc2)c2ccc(C3=C(c4ccc(N(c5ccccc5)c5ccccc5)cc4)SC(=C4SC(c5ccc(N(c6ccccc6)c6ccccc6)cc5)=C(c5ccc(N(c6ccccc6)c6ccccc6)cc5)S4)S3)cc2)cc1. The Morgan fingerprint density at radius 1 is 0.140 bits per heavy atom. The molecule has 0 fully saturated rings. The molecule has 0 amide bonds. The van der Waals surface area contributed by atoms with Crippen molar-refractivity contribution >= 4 is 135 Å². The number of hydrogen-bond donors (Lipinski definition) is 0. The number of thioether (sulfide) groups is 4. The number of hydrogen-bond acceptors (Lipinski definition) is 8. The molecule has 0 radical (unpaired) electrons. The Morgan fingerprint density at radius 2 is 0.267 bits per heavy atom. The van der Waals surface area contributed by atoms with Crippen LogP contribution >= 0.6 is 47.0 Å². The Morgan fingerprint density at radius 3 is 0.407 bits per heavy atom. The van der Waals surface area contributed by atoms with Gasteiger partial charge in [0.05, 0.1) is 8.47 Å². The Kier molecular flexibility index (Phi) is 16.0. The van der Waals surface area contributed by atoms with Gasteiger partial charge in [-0.25, -0.2) is 0 Å². The Balaban J connectivity index is 0.863. The number of benzene rings is 12. The number of rotatable bonds is 16. The summed E-state index contributed by atoms with van der Waals surface area (Å²) in [5, 5.41) is 0. The molecule has 14 rings (SSSR count). The van der Waals surface area contributed by atoms with Gasteiger partial charge in [0.2, 0.25) is 0 Å². The van der Waals surface area contributed by atoms with Crippen molar-refractivity contribution in [3.63, 3.8) is 0 Å². The quantitative estimate of drug-likeness (QED) is 0.0937. The predicted molar refractivity (Wildman–Crippen MR) is 376 cm³/mol. The van der Waals surface area contributed by atoms with Crippen molar-refractivity contribution in [3.8, 4) is 0 Å². The summed E-state index contributed by atoms with van der Waals surface area (Å²) in [7, 11) is 0. The number of para-hydroxylation sites is 8. The van der Waals surface area contributed by atoms with E-state index in [4.69, 9.17) is 0 Å². The highest BCUT2D eigenvalue weighted by Crippen LogP contribution is 2.67. The van der Waals surface area contributed by atoms with Crippen LogP contribution < -0.4 is 19.6 Å². The molecule has 0 aromatic heterocycles. The van der Waals surface area contributed by atoms with Crippen molar-refractivity contribution < 1.29 is 0 Å². The van der Waals surface area contributed by atoms with Gasteiger partial charge < -0.3 is 19.6 Å². The van der Waals surface area contributed by atoms with Crippen molar-refractivity contribution in [1.29, 1.82) is 0 Å². The highest BCUT2D eigenvalue weighted by atomic mass is 32.2. The van der Waals surface area contributed by atoms with E-state index in [9.17, 15) is 0 Å². The van der Waals surface area contributed by atoms with Gasteiger partial charge in [-0.2, -0.15) is 0 Å². The molecular weight excluding hydrogens is 1120 g/mol. The molecule has 0 unspecified atom stereocenters. The lowest BCUT2D eigenvalue weighted by atomic mass is 10.1. The predicted octanol–water partition coefficient (Wildman–Crippen LogP) is 24.0. The molecule has 4 nitrogen and oxygen atoms in total. The summed E-state index contributed by atoms with van der Waals surface area (Å²) >= 11 is 7.56. The van der Waals surface area contributed by atoms with Crippen LogP contribution in [0.5, 0.6) is 0 Å². The van der Waals surface area contributed by atoms with Crippen LogP contribution in [0.15, 0.2) is 348 Å². The van der Waals surface area contributed by atoms with Crippen LogP contribution in [0.4, 0.5) is 68.2 Å². The smallest absolute Gasteiger partial charge is 0.0707 e. The molecule has 412 valence electrons. The fourth-order valence-corrected chi connectivity index (χ4v) is 16.7. The van der Waals surface area contributed by atoms with E-state index in [0.717, 1.165) is 68.2 Å². The highest BCUT2D eigenvalue weighted by Gasteiger charge is 2.33. The minimum absolute atomic E-state index is 1.09. The van der Waals surface area contributed by atoms with Crippen molar-refractivity contribution in [2.75, 3.05) is 19.6 Å². The van der Waals surface area contributed by atoms with Crippen LogP contribution in [0.2, 0.25) is 0 Å². The first-order valence-corrected chi connectivity index (χ1v) is 31.9. The molecular formula is C78H56N4S4. The van der Waals surface area contributed by atoms with Gasteiger partial charge in [0.15, 0.2) is 0 Å². The van der Waals surface area contributed by atoms with Crippen molar-refractivity contribution in [2.24, 2.45) is 0 Å². The van der Waals surface area contributed by atoms with Crippen LogP contribution in [0.25, 0.3) is 19.6 Å². The lowest BCUT2D eigenvalue weighted by Gasteiger charge is -2.25. The zero-order valence-electron chi connectivity index (χ0n) is 46.8. The summed E-state index contributed by atoms with van der Waals surface area (Å²) in [6, 6.07) is 122. The average molecular weight is 1180 g/mol. The summed E-state index contributed by atoms with van der Waals surface area (Å²) in [4.78, 5) is 14.3. The first kappa shape index (κ1) is 54.4. The topological polar surface area (TPSA) is 13.0 Å². The van der Waals surface area contributed by atoms with E-state index < -0.39 is 0 Å². The normalized spacial score (nSPS) is 13.0. The third-order valence-corrected chi connectivity index (χ3v) is 20.9. The van der Waals surface area contributed by atoms with Crippen molar-refractivity contribution in [2.45, 2.75) is 0 Å². The van der Waals surface area contributed by atoms with Gasteiger partial charge in [-0.05, 0) is 168 Å². The molecule has 2 heterocycles. The number of anilines is 12. The molecule has 0 spiro atoms. The minimum atomic E-state index is 1.09. The Labute approximate surface area is 521 Å². The largest absolute Gasteiger partial charge is 0.311 e.